The summed E-state index contributed by atoms with van der Waals surface area (Å²) in [5, 5.41) is 0. The number of anilines is 2. The second kappa shape index (κ2) is 7.55. The number of para-hydroxylation sites is 1. The van der Waals surface area contributed by atoms with Crippen LogP contribution in [-0.4, -0.2) is 31.2 Å². The lowest BCUT2D eigenvalue weighted by Gasteiger charge is -2.24. The highest BCUT2D eigenvalue weighted by Crippen LogP contribution is 2.18. The molecule has 2 aromatic rings. The van der Waals surface area contributed by atoms with Crippen LogP contribution in [0.5, 0.6) is 0 Å². The third-order valence-corrected chi connectivity index (χ3v) is 3.76. The van der Waals surface area contributed by atoms with Crippen LogP contribution < -0.4 is 9.80 Å². The van der Waals surface area contributed by atoms with E-state index in [1.165, 1.54) is 23.6 Å². The van der Waals surface area contributed by atoms with E-state index in [1.54, 1.807) is 31.3 Å². The molecular weight excluding hydrogens is 304 g/mol. The summed E-state index contributed by atoms with van der Waals surface area (Å²) in [4.78, 5) is 38.9. The summed E-state index contributed by atoms with van der Waals surface area (Å²) >= 11 is 0. The first-order valence-electron chi connectivity index (χ1n) is 7.61. The first-order valence-corrected chi connectivity index (χ1v) is 7.61. The minimum atomic E-state index is -0.259. The van der Waals surface area contributed by atoms with Crippen LogP contribution in [0.3, 0.4) is 0 Å². The topological polar surface area (TPSA) is 57.7 Å². The van der Waals surface area contributed by atoms with E-state index in [1.807, 2.05) is 30.3 Å². The smallest absolute Gasteiger partial charge is 0.246 e. The molecule has 0 aliphatic carbocycles. The summed E-state index contributed by atoms with van der Waals surface area (Å²) in [6.07, 6.45) is 0. The summed E-state index contributed by atoms with van der Waals surface area (Å²) in [7, 11) is 1.67. The zero-order valence-corrected chi connectivity index (χ0v) is 14.0. The molecule has 0 bridgehead atoms. The van der Waals surface area contributed by atoms with Gasteiger partial charge in [-0.05, 0) is 31.2 Å². The van der Waals surface area contributed by atoms with Crippen LogP contribution in [0.15, 0.2) is 54.6 Å². The number of carbonyl (C=O) groups is 3. The third-order valence-electron chi connectivity index (χ3n) is 3.76. The average Bonchev–Trinajstić information content (AvgIpc) is 2.59. The third kappa shape index (κ3) is 4.07. The van der Waals surface area contributed by atoms with Crippen LogP contribution in [0.1, 0.15) is 24.2 Å². The molecule has 0 aromatic heterocycles. The van der Waals surface area contributed by atoms with Gasteiger partial charge >= 0.3 is 0 Å². The molecule has 2 rings (SSSR count). The molecular formula is C19H20N2O3. The van der Waals surface area contributed by atoms with Gasteiger partial charge in [-0.15, -0.1) is 0 Å². The fourth-order valence-electron chi connectivity index (χ4n) is 2.31. The van der Waals surface area contributed by atoms with Crippen LogP contribution >= 0.6 is 0 Å². The van der Waals surface area contributed by atoms with Gasteiger partial charge in [0.05, 0.1) is 0 Å². The highest BCUT2D eigenvalue weighted by atomic mass is 16.2. The molecule has 5 nitrogen and oxygen atoms in total. The van der Waals surface area contributed by atoms with E-state index in [2.05, 4.69) is 0 Å². The van der Waals surface area contributed by atoms with Crippen LogP contribution in [0.25, 0.3) is 0 Å². The van der Waals surface area contributed by atoms with Gasteiger partial charge in [0.25, 0.3) is 0 Å². The predicted molar refractivity (Wildman–Crippen MR) is 94.3 cm³/mol. The van der Waals surface area contributed by atoms with Gasteiger partial charge in [0.1, 0.15) is 6.54 Å². The Balaban J connectivity index is 2.23. The summed E-state index contributed by atoms with van der Waals surface area (Å²) in [5.41, 5.74) is 1.79. The van der Waals surface area contributed by atoms with Gasteiger partial charge in [-0.2, -0.15) is 0 Å². The maximum atomic E-state index is 12.5. The van der Waals surface area contributed by atoms with Crippen molar-refractivity contribution in [2.45, 2.75) is 13.8 Å². The van der Waals surface area contributed by atoms with E-state index in [0.717, 1.165) is 5.69 Å². The van der Waals surface area contributed by atoms with E-state index in [9.17, 15) is 14.4 Å². The van der Waals surface area contributed by atoms with Crippen molar-refractivity contribution in [3.8, 4) is 0 Å². The van der Waals surface area contributed by atoms with Crippen molar-refractivity contribution in [3.63, 3.8) is 0 Å². The van der Waals surface area contributed by atoms with Crippen molar-refractivity contribution in [2.24, 2.45) is 0 Å². The van der Waals surface area contributed by atoms with Gasteiger partial charge in [-0.25, -0.2) is 0 Å². The molecule has 0 heterocycles. The summed E-state index contributed by atoms with van der Waals surface area (Å²) in [6.45, 7) is 2.77. The lowest BCUT2D eigenvalue weighted by molar-refractivity contribution is -0.121. The maximum Gasteiger partial charge on any atom is 0.246 e. The molecule has 0 spiro atoms. The Labute approximate surface area is 141 Å². The van der Waals surface area contributed by atoms with E-state index >= 15 is 0 Å². The molecule has 0 saturated heterocycles. The predicted octanol–water partition coefficient (Wildman–Crippen LogP) is 2.91. The van der Waals surface area contributed by atoms with Crippen molar-refractivity contribution in [2.75, 3.05) is 23.4 Å². The van der Waals surface area contributed by atoms with Crippen molar-refractivity contribution in [1.29, 1.82) is 0 Å². The zero-order valence-electron chi connectivity index (χ0n) is 14.0. The van der Waals surface area contributed by atoms with Gasteiger partial charge in [-0.1, -0.05) is 30.3 Å². The Hall–Kier alpha value is -2.95. The molecule has 0 fully saturated rings. The molecule has 2 aromatic carbocycles. The number of likely N-dealkylation sites (N-methyl/N-ethyl adjacent to an activating group) is 1. The fourth-order valence-corrected chi connectivity index (χ4v) is 2.31. The summed E-state index contributed by atoms with van der Waals surface area (Å²) in [6, 6.07) is 15.9. The van der Waals surface area contributed by atoms with Crippen molar-refractivity contribution < 1.29 is 14.4 Å². The average molecular weight is 324 g/mol. The summed E-state index contributed by atoms with van der Waals surface area (Å²) < 4.78 is 0. The van der Waals surface area contributed by atoms with Gasteiger partial charge in [-0.3, -0.25) is 14.4 Å². The minimum absolute atomic E-state index is 0.0897. The number of hydrogen-bond donors (Lipinski definition) is 0. The van der Waals surface area contributed by atoms with Gasteiger partial charge in [0.2, 0.25) is 11.8 Å². The van der Waals surface area contributed by atoms with E-state index in [-0.39, 0.29) is 24.1 Å². The van der Waals surface area contributed by atoms with Crippen LogP contribution in [-0.2, 0) is 9.59 Å². The molecule has 24 heavy (non-hydrogen) atoms. The molecule has 0 aliphatic heterocycles. The zero-order chi connectivity index (χ0) is 17.7. The number of ketones is 1. The monoisotopic (exact) mass is 324 g/mol. The highest BCUT2D eigenvalue weighted by Gasteiger charge is 2.19. The molecule has 124 valence electrons. The number of hydrogen-bond acceptors (Lipinski definition) is 3. The quantitative estimate of drug-likeness (QED) is 0.795. The Morgan fingerprint density at radius 1 is 0.875 bits per heavy atom. The number of amides is 2. The number of rotatable bonds is 5. The second-order valence-corrected chi connectivity index (χ2v) is 5.50. The normalized spacial score (nSPS) is 10.1. The van der Waals surface area contributed by atoms with Crippen LogP contribution in [0.4, 0.5) is 11.4 Å². The Morgan fingerprint density at radius 2 is 1.50 bits per heavy atom. The van der Waals surface area contributed by atoms with Crippen LogP contribution in [0.2, 0.25) is 0 Å². The van der Waals surface area contributed by atoms with Gasteiger partial charge in [0, 0.05) is 30.9 Å². The van der Waals surface area contributed by atoms with E-state index < -0.39 is 0 Å². The van der Waals surface area contributed by atoms with Gasteiger partial charge < -0.3 is 9.80 Å². The Bertz CT molecular complexity index is 756. The Kier molecular flexibility index (Phi) is 5.47. The molecule has 5 heteroatoms. The SMILES string of the molecule is CC(=O)c1cccc(N(CC(=O)N(C)c2ccccc2)C(C)=O)c1. The molecule has 0 radical (unpaired) electrons. The van der Waals surface area contributed by atoms with Gasteiger partial charge in [0.15, 0.2) is 5.78 Å². The standard InChI is InChI=1S/C19H20N2O3/c1-14(22)16-8-7-11-18(12-16)21(15(2)23)13-19(24)20(3)17-9-5-4-6-10-17/h4-12H,13H2,1-3H3. The van der Waals surface area contributed by atoms with Crippen molar-refractivity contribution >= 4 is 29.0 Å². The molecule has 0 aliphatic rings. The molecule has 0 unspecified atom stereocenters. The fraction of sp³-hybridized carbons (Fsp3) is 0.211. The van der Waals surface area contributed by atoms with Crippen LogP contribution in [0, 0.1) is 0 Å². The van der Waals surface area contributed by atoms with E-state index in [0.29, 0.717) is 11.3 Å². The van der Waals surface area contributed by atoms with E-state index in [4.69, 9.17) is 0 Å². The second-order valence-electron chi connectivity index (χ2n) is 5.50. The molecule has 0 N–H and O–H groups in total. The number of Topliss-reactive ketones (excluding diaryl/α,β-unsaturated/α-hetero) is 1. The first kappa shape index (κ1) is 17.4. The lowest BCUT2D eigenvalue weighted by atomic mass is 10.1. The Morgan fingerprint density at radius 3 is 2.08 bits per heavy atom. The largest absolute Gasteiger partial charge is 0.314 e. The molecule has 0 saturated carbocycles. The first-order chi connectivity index (χ1) is 11.4. The van der Waals surface area contributed by atoms with Crippen molar-refractivity contribution in [1.82, 2.24) is 0 Å². The number of benzene rings is 2. The van der Waals surface area contributed by atoms with Crippen molar-refractivity contribution in [3.05, 3.63) is 60.2 Å². The maximum absolute atomic E-state index is 12.5. The summed E-state index contributed by atoms with van der Waals surface area (Å²) in [5.74, 6) is -0.566. The highest BCUT2D eigenvalue weighted by molar-refractivity contribution is 6.03. The molecule has 2 amide bonds. The number of carbonyl (C=O) groups excluding carboxylic acids is 3. The lowest BCUT2D eigenvalue weighted by Crippen LogP contribution is -2.40. The minimum Gasteiger partial charge on any atom is -0.314 e. The number of nitrogens with zero attached hydrogens (tertiary/aromatic N) is 2. The molecule has 0 atom stereocenters.